The number of carbonyl (C=O) groups is 3. The minimum atomic E-state index is -0.918. The van der Waals surface area contributed by atoms with Gasteiger partial charge < -0.3 is 14.2 Å². The summed E-state index contributed by atoms with van der Waals surface area (Å²) in [5.41, 5.74) is -0.918. The van der Waals surface area contributed by atoms with Crippen molar-refractivity contribution in [1.29, 1.82) is 0 Å². The van der Waals surface area contributed by atoms with E-state index in [9.17, 15) is 14.4 Å². The Morgan fingerprint density at radius 1 is 0.309 bits per heavy atom. The molecule has 0 aromatic carbocycles. The molecule has 0 radical (unpaired) electrons. The van der Waals surface area contributed by atoms with Crippen molar-refractivity contribution in [2.75, 3.05) is 37.1 Å². The summed E-state index contributed by atoms with van der Waals surface area (Å²) in [5.74, 6) is 0.0267. The number of rotatable bonds is 45. The van der Waals surface area contributed by atoms with Crippen molar-refractivity contribution in [3.63, 3.8) is 0 Å². The van der Waals surface area contributed by atoms with Crippen molar-refractivity contribution < 1.29 is 28.6 Å². The zero-order chi connectivity index (χ0) is 40.1. The van der Waals surface area contributed by atoms with E-state index in [-0.39, 0.29) is 35.2 Å². The Labute approximate surface area is 354 Å². The molecular weight excluding hydrogens is 764 g/mol. The maximum absolute atomic E-state index is 12.5. The second-order valence-corrected chi connectivity index (χ2v) is 25.1. The molecule has 0 saturated heterocycles. The molecule has 0 fully saturated rings. The maximum atomic E-state index is 12.5. The summed E-state index contributed by atoms with van der Waals surface area (Å²) in [6.07, 6.45) is 41.6. The lowest BCUT2D eigenvalue weighted by molar-refractivity contribution is -0.141. The lowest BCUT2D eigenvalue weighted by Crippen LogP contribution is -2.10. The number of hydrogen-bond donors (Lipinski definition) is 0. The summed E-state index contributed by atoms with van der Waals surface area (Å²) in [6.45, 7) is 8.17. The van der Waals surface area contributed by atoms with E-state index >= 15 is 0 Å². The van der Waals surface area contributed by atoms with E-state index in [1.807, 2.05) is 0 Å². The van der Waals surface area contributed by atoms with Crippen LogP contribution in [0.3, 0.4) is 0 Å². The Hall–Kier alpha value is -0.110. The number of esters is 3. The third-order valence-corrected chi connectivity index (χ3v) is 20.4. The standard InChI is InChI=1S/C45H87O6PS3/c1-4-7-10-13-16-19-22-25-28-31-34-37-49-43(46)40-53-52(54-41-44(47)50-38-35-32-29-26-23-20-17-14-11-8-5-2)55-42-45(48)51-39-36-33-30-27-24-21-18-15-12-9-6-3/h4-42H2,1-3H3. The van der Waals surface area contributed by atoms with Gasteiger partial charge in [-0.05, 0) is 19.3 Å². The van der Waals surface area contributed by atoms with Crippen molar-refractivity contribution in [2.45, 2.75) is 233 Å². The van der Waals surface area contributed by atoms with Crippen LogP contribution in [0.25, 0.3) is 0 Å². The Morgan fingerprint density at radius 3 is 0.691 bits per heavy atom. The third kappa shape index (κ3) is 44.8. The SMILES string of the molecule is CCCCCCCCCCCCCOC(=O)CSP(SCC(=O)OCCCCCCCCCCCCC)SCC(=O)OCCCCCCCCCCCCC. The van der Waals surface area contributed by atoms with Crippen molar-refractivity contribution in [1.82, 2.24) is 0 Å². The molecule has 0 heterocycles. The maximum Gasteiger partial charge on any atom is 0.316 e. The molecule has 10 heteroatoms. The van der Waals surface area contributed by atoms with Crippen LogP contribution < -0.4 is 0 Å². The van der Waals surface area contributed by atoms with Crippen LogP contribution in [-0.2, 0) is 28.6 Å². The smallest absolute Gasteiger partial charge is 0.316 e. The van der Waals surface area contributed by atoms with Gasteiger partial charge in [0.2, 0.25) is 0 Å². The van der Waals surface area contributed by atoms with Crippen LogP contribution in [0.1, 0.15) is 233 Å². The molecule has 0 aromatic heterocycles. The monoisotopic (exact) mass is 851 g/mol. The highest BCUT2D eigenvalue weighted by Crippen LogP contribution is 2.70. The lowest BCUT2D eigenvalue weighted by Gasteiger charge is -2.15. The fraction of sp³-hybridized carbons (Fsp3) is 0.933. The van der Waals surface area contributed by atoms with Crippen LogP contribution in [0.4, 0.5) is 0 Å². The average molecular weight is 851 g/mol. The molecule has 0 unspecified atom stereocenters. The third-order valence-electron chi connectivity index (χ3n) is 9.90. The summed E-state index contributed by atoms with van der Waals surface area (Å²) < 4.78 is 16.6. The first-order valence-corrected chi connectivity index (χ1v) is 29.3. The second-order valence-electron chi connectivity index (χ2n) is 15.3. The minimum Gasteiger partial charge on any atom is -0.465 e. The van der Waals surface area contributed by atoms with Gasteiger partial charge >= 0.3 is 17.9 Å². The van der Waals surface area contributed by atoms with E-state index in [2.05, 4.69) is 20.8 Å². The molecule has 6 nitrogen and oxygen atoms in total. The van der Waals surface area contributed by atoms with Gasteiger partial charge in [-0.3, -0.25) is 14.4 Å². The zero-order valence-electron chi connectivity index (χ0n) is 36.2. The summed E-state index contributed by atoms with van der Waals surface area (Å²) in [5, 5.41) is 0. The molecule has 0 N–H and O–H groups in total. The zero-order valence-corrected chi connectivity index (χ0v) is 39.5. The Balaban J connectivity index is 4.31. The van der Waals surface area contributed by atoms with Gasteiger partial charge in [0.25, 0.3) is 0 Å². The summed E-state index contributed by atoms with van der Waals surface area (Å²) in [7, 11) is 0. The quantitative estimate of drug-likeness (QED) is 0.0258. The molecule has 0 amide bonds. The lowest BCUT2D eigenvalue weighted by atomic mass is 10.1. The van der Waals surface area contributed by atoms with Gasteiger partial charge in [-0.1, -0.05) is 213 Å². The fourth-order valence-corrected chi connectivity index (χ4v) is 14.9. The van der Waals surface area contributed by atoms with Crippen molar-refractivity contribution in [2.24, 2.45) is 0 Å². The van der Waals surface area contributed by atoms with Crippen molar-refractivity contribution >= 4 is 57.6 Å². The molecule has 0 bridgehead atoms. The molecule has 0 saturated carbocycles. The van der Waals surface area contributed by atoms with Crippen LogP contribution in [0.2, 0.25) is 0 Å². The van der Waals surface area contributed by atoms with Crippen LogP contribution in [-0.4, -0.2) is 55.0 Å². The van der Waals surface area contributed by atoms with Gasteiger partial charge in [-0.2, -0.15) is 0 Å². The predicted octanol–water partition coefficient (Wildman–Crippen LogP) is 16.0. The Kier molecular flexibility index (Phi) is 46.5. The van der Waals surface area contributed by atoms with Crippen LogP contribution >= 0.6 is 39.7 Å². The van der Waals surface area contributed by atoms with Gasteiger partial charge in [0.1, 0.15) is 0 Å². The first kappa shape index (κ1) is 54.9. The van der Waals surface area contributed by atoms with Crippen molar-refractivity contribution in [3.05, 3.63) is 0 Å². The van der Waals surface area contributed by atoms with E-state index in [1.54, 1.807) is 0 Å². The Bertz CT molecular complexity index is 732. The number of carbonyl (C=O) groups excluding carboxylic acids is 3. The highest BCUT2D eigenvalue weighted by atomic mass is 33.4. The summed E-state index contributed by atoms with van der Waals surface area (Å²) in [4.78, 5) is 37.6. The first-order valence-electron chi connectivity index (χ1n) is 23.2. The van der Waals surface area contributed by atoms with Gasteiger partial charge in [0.15, 0.2) is 0 Å². The minimum absolute atomic E-state index is 0.219. The molecule has 0 atom stereocenters. The van der Waals surface area contributed by atoms with Gasteiger partial charge in [-0.15, -0.1) is 34.1 Å². The molecule has 0 aliphatic heterocycles. The molecular formula is C45H87O6PS3. The molecule has 0 aromatic rings. The second kappa shape index (κ2) is 46.6. The molecule has 55 heavy (non-hydrogen) atoms. The number of unbranched alkanes of at least 4 members (excludes halogenated alkanes) is 30. The van der Waals surface area contributed by atoms with E-state index in [0.717, 1.165) is 38.5 Å². The molecule has 0 aliphatic rings. The highest BCUT2D eigenvalue weighted by molar-refractivity contribution is 9.12. The normalized spacial score (nSPS) is 11.3. The van der Waals surface area contributed by atoms with Gasteiger partial charge in [0.05, 0.1) is 42.6 Å². The summed E-state index contributed by atoms with van der Waals surface area (Å²) in [6, 6.07) is 0. The van der Waals surface area contributed by atoms with E-state index in [0.29, 0.717) is 19.8 Å². The topological polar surface area (TPSA) is 78.9 Å². The Morgan fingerprint density at radius 2 is 0.491 bits per heavy atom. The molecule has 0 rings (SSSR count). The van der Waals surface area contributed by atoms with E-state index < -0.39 is 5.53 Å². The van der Waals surface area contributed by atoms with Crippen LogP contribution in [0.5, 0.6) is 0 Å². The largest absolute Gasteiger partial charge is 0.465 e. The molecule has 326 valence electrons. The molecule has 0 spiro atoms. The fourth-order valence-electron chi connectivity index (χ4n) is 6.41. The van der Waals surface area contributed by atoms with Crippen LogP contribution in [0, 0.1) is 0 Å². The first-order chi connectivity index (χ1) is 27.0. The van der Waals surface area contributed by atoms with Gasteiger partial charge in [-0.25, -0.2) is 0 Å². The van der Waals surface area contributed by atoms with E-state index in [4.69, 9.17) is 14.2 Å². The molecule has 0 aliphatic carbocycles. The van der Waals surface area contributed by atoms with Gasteiger partial charge in [0, 0.05) is 0 Å². The number of hydrogen-bond acceptors (Lipinski definition) is 9. The summed E-state index contributed by atoms with van der Waals surface area (Å²) >= 11 is 4.48. The van der Waals surface area contributed by atoms with Crippen LogP contribution in [0.15, 0.2) is 0 Å². The highest BCUT2D eigenvalue weighted by Gasteiger charge is 2.19. The predicted molar refractivity (Wildman–Crippen MR) is 247 cm³/mol. The number of ether oxygens (including phenoxy) is 3. The van der Waals surface area contributed by atoms with E-state index in [1.165, 1.54) is 208 Å². The van der Waals surface area contributed by atoms with Crippen molar-refractivity contribution in [3.8, 4) is 0 Å². The average Bonchev–Trinajstić information content (AvgIpc) is 3.18.